The maximum atomic E-state index is 6.00. The maximum Gasteiger partial charge on any atom is 0.258 e. The van der Waals surface area contributed by atoms with Crippen LogP contribution in [0.5, 0.6) is 0 Å². The highest BCUT2D eigenvalue weighted by molar-refractivity contribution is 6.30. The monoisotopic (exact) mass is 285 g/mol. The number of hydrogen-bond donors (Lipinski definition) is 1. The number of aromatic nitrogens is 2. The molecule has 0 atom stereocenters. The van der Waals surface area contributed by atoms with Gasteiger partial charge in [-0.15, -0.1) is 0 Å². The van der Waals surface area contributed by atoms with E-state index in [1.165, 1.54) is 0 Å². The lowest BCUT2D eigenvalue weighted by atomic mass is 10.1. The first kappa shape index (κ1) is 12.7. The standard InChI is InChI=1S/C15H12ClN3O/c1-9-2-5-11(16)8-13(9)15-18-14(19-20-15)10-3-6-12(17)7-4-10/h2-8H,17H2,1H3. The van der Waals surface area contributed by atoms with Crippen molar-refractivity contribution in [3.63, 3.8) is 0 Å². The van der Waals surface area contributed by atoms with Crippen LogP contribution in [0.3, 0.4) is 0 Å². The van der Waals surface area contributed by atoms with Crippen molar-refractivity contribution < 1.29 is 4.52 Å². The molecular formula is C15H12ClN3O. The van der Waals surface area contributed by atoms with Crippen LogP contribution in [0, 0.1) is 6.92 Å². The normalized spacial score (nSPS) is 10.7. The first-order chi connectivity index (χ1) is 9.63. The third-order valence-electron chi connectivity index (χ3n) is 3.02. The molecule has 0 unspecified atom stereocenters. The molecule has 20 heavy (non-hydrogen) atoms. The minimum atomic E-state index is 0.455. The molecule has 0 bridgehead atoms. The summed E-state index contributed by atoms with van der Waals surface area (Å²) in [5, 5.41) is 4.63. The molecule has 100 valence electrons. The Morgan fingerprint density at radius 3 is 2.60 bits per heavy atom. The van der Waals surface area contributed by atoms with Gasteiger partial charge in [-0.05, 0) is 48.9 Å². The van der Waals surface area contributed by atoms with E-state index in [1.807, 2.05) is 37.3 Å². The second kappa shape index (κ2) is 4.98. The summed E-state index contributed by atoms with van der Waals surface area (Å²) in [5.41, 5.74) is 9.08. The Labute approximate surface area is 121 Å². The van der Waals surface area contributed by atoms with Crippen molar-refractivity contribution in [1.82, 2.24) is 10.1 Å². The Hall–Kier alpha value is -2.33. The second-order valence-corrected chi connectivity index (χ2v) is 4.94. The molecule has 0 saturated heterocycles. The van der Waals surface area contributed by atoms with Crippen LogP contribution in [-0.2, 0) is 0 Å². The fraction of sp³-hybridized carbons (Fsp3) is 0.0667. The highest BCUT2D eigenvalue weighted by Gasteiger charge is 2.12. The third kappa shape index (κ3) is 2.38. The lowest BCUT2D eigenvalue weighted by Gasteiger charge is -2.00. The van der Waals surface area contributed by atoms with E-state index >= 15 is 0 Å². The van der Waals surface area contributed by atoms with Gasteiger partial charge in [0.1, 0.15) is 0 Å². The van der Waals surface area contributed by atoms with E-state index in [9.17, 15) is 0 Å². The molecule has 0 aliphatic carbocycles. The smallest absolute Gasteiger partial charge is 0.258 e. The van der Waals surface area contributed by atoms with Gasteiger partial charge in [0, 0.05) is 21.8 Å². The number of nitrogen functional groups attached to an aromatic ring is 1. The molecule has 0 aliphatic rings. The van der Waals surface area contributed by atoms with Gasteiger partial charge in [0.2, 0.25) is 5.82 Å². The highest BCUT2D eigenvalue weighted by Crippen LogP contribution is 2.27. The van der Waals surface area contributed by atoms with E-state index in [4.69, 9.17) is 21.9 Å². The molecule has 3 rings (SSSR count). The van der Waals surface area contributed by atoms with Crippen molar-refractivity contribution in [1.29, 1.82) is 0 Å². The molecular weight excluding hydrogens is 274 g/mol. The average Bonchev–Trinajstić information content (AvgIpc) is 2.92. The molecule has 0 radical (unpaired) electrons. The van der Waals surface area contributed by atoms with Gasteiger partial charge in [-0.3, -0.25) is 0 Å². The average molecular weight is 286 g/mol. The van der Waals surface area contributed by atoms with E-state index < -0.39 is 0 Å². The van der Waals surface area contributed by atoms with Gasteiger partial charge >= 0.3 is 0 Å². The number of anilines is 1. The van der Waals surface area contributed by atoms with Crippen molar-refractivity contribution in [3.05, 3.63) is 53.1 Å². The second-order valence-electron chi connectivity index (χ2n) is 4.50. The molecule has 0 amide bonds. The summed E-state index contributed by atoms with van der Waals surface area (Å²) in [6.45, 7) is 1.97. The van der Waals surface area contributed by atoms with Crippen molar-refractivity contribution in [3.8, 4) is 22.8 Å². The van der Waals surface area contributed by atoms with Gasteiger partial charge in [0.15, 0.2) is 0 Å². The number of benzene rings is 2. The Balaban J connectivity index is 2.01. The predicted octanol–water partition coefficient (Wildman–Crippen LogP) is 3.95. The van der Waals surface area contributed by atoms with Crippen LogP contribution < -0.4 is 5.73 Å². The third-order valence-corrected chi connectivity index (χ3v) is 3.26. The van der Waals surface area contributed by atoms with Crippen molar-refractivity contribution in [2.24, 2.45) is 0 Å². The lowest BCUT2D eigenvalue weighted by Crippen LogP contribution is -1.86. The Bertz CT molecular complexity index is 750. The summed E-state index contributed by atoms with van der Waals surface area (Å²) in [6, 6.07) is 12.9. The zero-order chi connectivity index (χ0) is 14.1. The van der Waals surface area contributed by atoms with Gasteiger partial charge < -0.3 is 10.3 Å². The van der Waals surface area contributed by atoms with Crippen LogP contribution in [0.1, 0.15) is 5.56 Å². The minimum Gasteiger partial charge on any atom is -0.399 e. The summed E-state index contributed by atoms with van der Waals surface area (Å²) in [7, 11) is 0. The quantitative estimate of drug-likeness (QED) is 0.724. The molecule has 2 aromatic carbocycles. The van der Waals surface area contributed by atoms with Crippen LogP contribution >= 0.6 is 11.6 Å². The van der Waals surface area contributed by atoms with Crippen LogP contribution in [0.2, 0.25) is 5.02 Å². The molecule has 1 heterocycles. The highest BCUT2D eigenvalue weighted by atomic mass is 35.5. The molecule has 5 heteroatoms. The number of nitrogens with two attached hydrogens (primary N) is 1. The number of aryl methyl sites for hydroxylation is 1. The molecule has 0 fully saturated rings. The molecule has 4 nitrogen and oxygen atoms in total. The zero-order valence-electron chi connectivity index (χ0n) is 10.8. The van der Waals surface area contributed by atoms with E-state index in [0.29, 0.717) is 22.4 Å². The molecule has 3 aromatic rings. The zero-order valence-corrected chi connectivity index (χ0v) is 11.6. The molecule has 0 saturated carbocycles. The summed E-state index contributed by atoms with van der Waals surface area (Å²) < 4.78 is 5.32. The molecule has 2 N–H and O–H groups in total. The van der Waals surface area contributed by atoms with Crippen LogP contribution in [0.15, 0.2) is 47.0 Å². The molecule has 0 aliphatic heterocycles. The number of rotatable bonds is 2. The minimum absolute atomic E-state index is 0.455. The van der Waals surface area contributed by atoms with Crippen LogP contribution in [0.25, 0.3) is 22.8 Å². The van der Waals surface area contributed by atoms with Gasteiger partial charge in [0.25, 0.3) is 5.89 Å². The summed E-state index contributed by atoms with van der Waals surface area (Å²) >= 11 is 6.00. The largest absolute Gasteiger partial charge is 0.399 e. The van der Waals surface area contributed by atoms with Gasteiger partial charge in [-0.1, -0.05) is 22.8 Å². The van der Waals surface area contributed by atoms with E-state index in [1.54, 1.807) is 12.1 Å². The summed E-state index contributed by atoms with van der Waals surface area (Å²) in [6.07, 6.45) is 0. The first-order valence-electron chi connectivity index (χ1n) is 6.09. The Kier molecular flexibility index (Phi) is 3.16. The van der Waals surface area contributed by atoms with Crippen molar-refractivity contribution in [2.75, 3.05) is 5.73 Å². The number of halogens is 1. The maximum absolute atomic E-state index is 6.00. The summed E-state index contributed by atoms with van der Waals surface area (Å²) in [4.78, 5) is 4.41. The van der Waals surface area contributed by atoms with Crippen LogP contribution in [0.4, 0.5) is 5.69 Å². The predicted molar refractivity (Wildman–Crippen MR) is 79.3 cm³/mol. The fourth-order valence-corrected chi connectivity index (χ4v) is 2.08. The Morgan fingerprint density at radius 2 is 1.85 bits per heavy atom. The van der Waals surface area contributed by atoms with Gasteiger partial charge in [-0.25, -0.2) is 0 Å². The van der Waals surface area contributed by atoms with E-state index in [-0.39, 0.29) is 0 Å². The summed E-state index contributed by atoms with van der Waals surface area (Å²) in [5.74, 6) is 0.983. The topological polar surface area (TPSA) is 64.9 Å². The Morgan fingerprint density at radius 1 is 1.10 bits per heavy atom. The molecule has 1 aromatic heterocycles. The molecule has 0 spiro atoms. The van der Waals surface area contributed by atoms with Crippen LogP contribution in [-0.4, -0.2) is 10.1 Å². The van der Waals surface area contributed by atoms with Gasteiger partial charge in [0.05, 0.1) is 0 Å². The van der Waals surface area contributed by atoms with Crippen molar-refractivity contribution in [2.45, 2.75) is 6.92 Å². The van der Waals surface area contributed by atoms with E-state index in [0.717, 1.165) is 16.7 Å². The first-order valence-corrected chi connectivity index (χ1v) is 6.47. The fourth-order valence-electron chi connectivity index (χ4n) is 1.91. The SMILES string of the molecule is Cc1ccc(Cl)cc1-c1nc(-c2ccc(N)cc2)no1. The lowest BCUT2D eigenvalue weighted by molar-refractivity contribution is 0.432. The van der Waals surface area contributed by atoms with Gasteiger partial charge in [-0.2, -0.15) is 4.98 Å². The number of nitrogens with zero attached hydrogens (tertiary/aromatic N) is 2. The number of hydrogen-bond acceptors (Lipinski definition) is 4. The van der Waals surface area contributed by atoms with Crippen molar-refractivity contribution >= 4 is 17.3 Å². The van der Waals surface area contributed by atoms with E-state index in [2.05, 4.69) is 10.1 Å².